The highest BCUT2D eigenvalue weighted by molar-refractivity contribution is 7.99. The maximum Gasteiger partial charge on any atom is 0.149 e. The fraction of sp³-hybridized carbons (Fsp3) is 0.0435. The third kappa shape index (κ3) is 3.20. The molecule has 0 fully saturated rings. The largest absolute Gasteiger partial charge is 0.235 e. The van der Waals surface area contributed by atoms with Crippen LogP contribution in [0.1, 0.15) is 0 Å². The minimum absolute atomic E-state index is 0.798. The van der Waals surface area contributed by atoms with Crippen LogP contribution in [0.2, 0.25) is 0 Å². The number of hydrogen-bond donors (Lipinski definition) is 0. The second kappa shape index (κ2) is 7.73. The van der Waals surface area contributed by atoms with Gasteiger partial charge in [-0.3, -0.25) is 0 Å². The van der Waals surface area contributed by atoms with Gasteiger partial charge in [0.2, 0.25) is 0 Å². The van der Waals surface area contributed by atoms with E-state index in [4.69, 9.17) is 0 Å². The molecule has 0 aliphatic carbocycles. The van der Waals surface area contributed by atoms with Gasteiger partial charge in [0.15, 0.2) is 0 Å². The Morgan fingerprint density at radius 3 is 2.34 bits per heavy atom. The zero-order chi connectivity index (χ0) is 19.6. The van der Waals surface area contributed by atoms with Gasteiger partial charge in [-0.2, -0.15) is 0 Å². The molecule has 4 nitrogen and oxygen atoms in total. The predicted octanol–water partition coefficient (Wildman–Crippen LogP) is 6.25. The first kappa shape index (κ1) is 18.0. The Labute approximate surface area is 176 Å². The third-order valence-electron chi connectivity index (χ3n) is 4.60. The van der Waals surface area contributed by atoms with Crippen LogP contribution in [-0.2, 0) is 0 Å². The van der Waals surface area contributed by atoms with Gasteiger partial charge < -0.3 is 0 Å². The molecule has 0 aliphatic rings. The first-order valence-corrected chi connectivity index (χ1v) is 11.0. The molecule has 5 aromatic rings. The first-order valence-electron chi connectivity index (χ1n) is 9.15. The van der Waals surface area contributed by atoms with E-state index in [1.807, 2.05) is 42.5 Å². The summed E-state index contributed by atoms with van der Waals surface area (Å²) in [4.78, 5) is 10.0. The summed E-state index contributed by atoms with van der Waals surface area (Å²) in [6.45, 7) is 3.81. The minimum Gasteiger partial charge on any atom is -0.235 e. The SMILES string of the molecule is C=CCSc1ncnc2c1sc1nnc(-c3ccccc3)c(-c3ccccc3)c12. The summed E-state index contributed by atoms with van der Waals surface area (Å²) in [5, 5.41) is 11.2. The molecule has 0 N–H and O–H groups in total. The average Bonchev–Trinajstić information content (AvgIpc) is 3.17. The summed E-state index contributed by atoms with van der Waals surface area (Å²) in [6.07, 6.45) is 3.52. The normalized spacial score (nSPS) is 11.2. The summed E-state index contributed by atoms with van der Waals surface area (Å²) in [7, 11) is 0. The highest BCUT2D eigenvalue weighted by Gasteiger charge is 2.21. The monoisotopic (exact) mass is 412 g/mol. The Kier molecular flexibility index (Phi) is 4.79. The van der Waals surface area contributed by atoms with Gasteiger partial charge in [-0.05, 0) is 5.56 Å². The van der Waals surface area contributed by atoms with E-state index in [0.29, 0.717) is 0 Å². The molecule has 0 atom stereocenters. The molecule has 0 saturated heterocycles. The number of aromatic nitrogens is 4. The van der Waals surface area contributed by atoms with Crippen LogP contribution in [0.15, 0.2) is 84.7 Å². The van der Waals surface area contributed by atoms with E-state index in [9.17, 15) is 0 Å². The average molecular weight is 413 g/mol. The summed E-state index contributed by atoms with van der Waals surface area (Å²) in [5.74, 6) is 0.798. The maximum atomic E-state index is 4.65. The van der Waals surface area contributed by atoms with Gasteiger partial charge in [-0.1, -0.05) is 66.7 Å². The van der Waals surface area contributed by atoms with Crippen molar-refractivity contribution in [1.29, 1.82) is 0 Å². The number of benzene rings is 2. The van der Waals surface area contributed by atoms with E-state index in [-0.39, 0.29) is 0 Å². The molecule has 0 aliphatic heterocycles. The van der Waals surface area contributed by atoms with E-state index < -0.39 is 0 Å². The topological polar surface area (TPSA) is 51.6 Å². The van der Waals surface area contributed by atoms with Crippen LogP contribution in [0.3, 0.4) is 0 Å². The van der Waals surface area contributed by atoms with Crippen molar-refractivity contribution in [2.45, 2.75) is 5.03 Å². The van der Waals surface area contributed by atoms with Crippen molar-refractivity contribution < 1.29 is 0 Å². The lowest BCUT2D eigenvalue weighted by atomic mass is 9.97. The second-order valence-electron chi connectivity index (χ2n) is 6.39. The molecule has 29 heavy (non-hydrogen) atoms. The lowest BCUT2D eigenvalue weighted by molar-refractivity contribution is 1.09. The summed E-state index contributed by atoms with van der Waals surface area (Å²) < 4.78 is 1.05. The Hall–Kier alpha value is -3.09. The van der Waals surface area contributed by atoms with Crippen LogP contribution in [-0.4, -0.2) is 25.9 Å². The molecule has 6 heteroatoms. The maximum absolute atomic E-state index is 4.65. The number of thiophene rings is 1. The highest BCUT2D eigenvalue weighted by Crippen LogP contribution is 2.43. The Morgan fingerprint density at radius 2 is 1.62 bits per heavy atom. The standard InChI is InChI=1S/C23H16N4S2/c1-2-13-28-23-21-20(24-14-25-23)18-17(15-9-5-3-6-10-15)19(26-27-22(18)29-21)16-11-7-4-8-12-16/h2-12,14H,1,13H2. The number of hydrogen-bond acceptors (Lipinski definition) is 6. The molecule has 0 radical (unpaired) electrons. The van der Waals surface area contributed by atoms with Gasteiger partial charge in [0.25, 0.3) is 0 Å². The summed E-state index contributed by atoms with van der Waals surface area (Å²) >= 11 is 3.26. The minimum atomic E-state index is 0.798. The molecular weight excluding hydrogens is 396 g/mol. The zero-order valence-electron chi connectivity index (χ0n) is 15.4. The highest BCUT2D eigenvalue weighted by atomic mass is 32.2. The van der Waals surface area contributed by atoms with Crippen LogP contribution < -0.4 is 0 Å². The van der Waals surface area contributed by atoms with E-state index in [0.717, 1.165) is 53.6 Å². The number of nitrogens with zero attached hydrogens (tertiary/aromatic N) is 4. The van der Waals surface area contributed by atoms with Gasteiger partial charge >= 0.3 is 0 Å². The van der Waals surface area contributed by atoms with Crippen molar-refractivity contribution in [3.63, 3.8) is 0 Å². The summed E-state index contributed by atoms with van der Waals surface area (Å²) in [5.41, 5.74) is 4.99. The zero-order valence-corrected chi connectivity index (χ0v) is 17.1. The van der Waals surface area contributed by atoms with Crippen molar-refractivity contribution in [1.82, 2.24) is 20.2 Å². The lowest BCUT2D eigenvalue weighted by Crippen LogP contribution is -1.94. The Balaban J connectivity index is 1.88. The van der Waals surface area contributed by atoms with Crippen LogP contribution in [0.5, 0.6) is 0 Å². The molecule has 0 unspecified atom stereocenters. The first-order chi connectivity index (χ1) is 14.4. The number of thioether (sulfide) groups is 1. The second-order valence-corrected chi connectivity index (χ2v) is 8.40. The van der Waals surface area contributed by atoms with E-state index in [2.05, 4.69) is 51.0 Å². The van der Waals surface area contributed by atoms with E-state index in [1.165, 1.54) is 0 Å². The quantitative estimate of drug-likeness (QED) is 0.194. The van der Waals surface area contributed by atoms with Crippen molar-refractivity contribution in [2.75, 3.05) is 5.75 Å². The van der Waals surface area contributed by atoms with Gasteiger partial charge in [-0.25, -0.2) is 9.97 Å². The fourth-order valence-corrected chi connectivity index (χ4v) is 5.26. The molecular formula is C23H16N4S2. The molecule has 0 amide bonds. The Morgan fingerprint density at radius 1 is 0.897 bits per heavy atom. The molecule has 5 rings (SSSR count). The predicted molar refractivity (Wildman–Crippen MR) is 122 cm³/mol. The van der Waals surface area contributed by atoms with Crippen molar-refractivity contribution in [3.05, 3.63) is 79.6 Å². The van der Waals surface area contributed by atoms with Gasteiger partial charge in [0.1, 0.15) is 21.9 Å². The van der Waals surface area contributed by atoms with Crippen molar-refractivity contribution in [3.8, 4) is 22.4 Å². The molecule has 3 aromatic heterocycles. The number of fused-ring (bicyclic) bond motifs is 3. The molecule has 2 aromatic carbocycles. The molecule has 0 spiro atoms. The van der Waals surface area contributed by atoms with E-state index in [1.54, 1.807) is 29.4 Å². The van der Waals surface area contributed by atoms with Crippen LogP contribution in [0.25, 0.3) is 42.8 Å². The summed E-state index contributed by atoms with van der Waals surface area (Å²) in [6, 6.07) is 20.5. The van der Waals surface area contributed by atoms with Crippen molar-refractivity contribution in [2.24, 2.45) is 0 Å². The smallest absolute Gasteiger partial charge is 0.149 e. The van der Waals surface area contributed by atoms with Gasteiger partial charge in [0.05, 0.1) is 10.2 Å². The van der Waals surface area contributed by atoms with Crippen LogP contribution in [0.4, 0.5) is 0 Å². The Bertz CT molecular complexity index is 1310. The van der Waals surface area contributed by atoms with E-state index >= 15 is 0 Å². The van der Waals surface area contributed by atoms with Crippen LogP contribution >= 0.6 is 23.1 Å². The molecule has 140 valence electrons. The number of rotatable bonds is 5. The van der Waals surface area contributed by atoms with Crippen LogP contribution in [0, 0.1) is 0 Å². The van der Waals surface area contributed by atoms with Gasteiger partial charge in [0, 0.05) is 22.3 Å². The molecule has 0 saturated carbocycles. The third-order valence-corrected chi connectivity index (χ3v) is 6.78. The van der Waals surface area contributed by atoms with Gasteiger partial charge in [-0.15, -0.1) is 39.9 Å². The fourth-order valence-electron chi connectivity index (χ4n) is 3.36. The van der Waals surface area contributed by atoms with Crippen molar-refractivity contribution >= 4 is 43.5 Å². The molecule has 0 bridgehead atoms. The molecule has 3 heterocycles. The lowest BCUT2D eigenvalue weighted by Gasteiger charge is -2.10.